The zero-order chi connectivity index (χ0) is 27.4. The van der Waals surface area contributed by atoms with E-state index in [2.05, 4.69) is 0 Å². The Morgan fingerprint density at radius 3 is 1.72 bits per heavy atom. The highest BCUT2D eigenvalue weighted by Crippen LogP contribution is 2.38. The van der Waals surface area contributed by atoms with Crippen molar-refractivity contribution in [1.29, 1.82) is 0 Å². The molecule has 0 amide bonds. The monoisotopic (exact) mass is 533 g/mol. The van der Waals surface area contributed by atoms with Crippen LogP contribution in [-0.2, 0) is 31.4 Å². The molecule has 0 atom stereocenters. The van der Waals surface area contributed by atoms with Gasteiger partial charge in [-0.1, -0.05) is 6.07 Å². The second-order valence-electron chi connectivity index (χ2n) is 8.37. The van der Waals surface area contributed by atoms with E-state index >= 15 is 0 Å². The molecule has 202 valence electrons. The Kier molecular flexibility index (Phi) is 9.30. The van der Waals surface area contributed by atoms with Gasteiger partial charge in [0.05, 0.1) is 42.0 Å². The van der Waals surface area contributed by atoms with Crippen molar-refractivity contribution in [2.45, 2.75) is 49.8 Å². The molecule has 0 saturated carbocycles. The number of hydrogen-bond donors (Lipinski definition) is 3. The molecule has 2 aromatic carbocycles. The molecule has 0 bridgehead atoms. The minimum Gasteiger partial charge on any atom is -0.493 e. The van der Waals surface area contributed by atoms with Gasteiger partial charge < -0.3 is 20.7 Å². The average molecular weight is 533 g/mol. The summed E-state index contributed by atoms with van der Waals surface area (Å²) >= 11 is 0. The fourth-order valence-corrected chi connectivity index (χ4v) is 3.30. The molecule has 2 aromatic rings. The molecule has 13 heteroatoms. The zero-order valence-corrected chi connectivity index (χ0v) is 18.7. The molecule has 0 heterocycles. The first-order chi connectivity index (χ1) is 16.5. The molecular weight excluding hydrogens is 509 g/mol. The van der Waals surface area contributed by atoms with Crippen molar-refractivity contribution in [1.82, 2.24) is 0 Å². The molecule has 0 aliphatic heterocycles. The highest BCUT2D eigenvalue weighted by Gasteiger charge is 2.37. The molecule has 0 aliphatic carbocycles. The van der Waals surface area contributed by atoms with Crippen LogP contribution in [0, 0.1) is 0 Å². The van der Waals surface area contributed by atoms with Gasteiger partial charge in [0.2, 0.25) is 0 Å². The average Bonchev–Trinajstić information content (AvgIpc) is 2.78. The van der Waals surface area contributed by atoms with Crippen LogP contribution < -0.4 is 10.5 Å². The Morgan fingerprint density at radius 1 is 0.694 bits per heavy atom. The number of ether oxygens (including phenoxy) is 1. The van der Waals surface area contributed by atoms with Gasteiger partial charge in [-0.25, -0.2) is 0 Å². The second-order valence-corrected chi connectivity index (χ2v) is 8.37. The summed E-state index contributed by atoms with van der Waals surface area (Å²) in [7, 11) is 0. The maximum Gasteiger partial charge on any atom is 0.419 e. The van der Waals surface area contributed by atoms with Crippen LogP contribution in [0.5, 0.6) is 5.75 Å². The molecule has 4 N–H and O–H groups in total. The Morgan fingerprint density at radius 2 is 1.25 bits per heavy atom. The molecule has 0 saturated heterocycles. The third-order valence-electron chi connectivity index (χ3n) is 5.41. The molecule has 0 aromatic heterocycles. The van der Waals surface area contributed by atoms with Gasteiger partial charge in [0.15, 0.2) is 0 Å². The third-order valence-corrected chi connectivity index (χ3v) is 5.41. The van der Waals surface area contributed by atoms with E-state index in [-0.39, 0.29) is 42.9 Å². The summed E-state index contributed by atoms with van der Waals surface area (Å²) in [5.41, 5.74) is 0.177. The van der Waals surface area contributed by atoms with E-state index in [4.69, 9.17) is 10.5 Å². The van der Waals surface area contributed by atoms with Crippen LogP contribution in [0.2, 0.25) is 0 Å². The molecule has 2 rings (SSSR count). The lowest BCUT2D eigenvalue weighted by Crippen LogP contribution is -2.47. The van der Waals surface area contributed by atoms with Crippen LogP contribution in [0.1, 0.15) is 40.7 Å². The number of hydrogen-bond acceptors (Lipinski definition) is 4. The highest BCUT2D eigenvalue weighted by atomic mass is 19.4. The standard InChI is InChI=1S/C23H24F9NO3/c24-21(25,26)16-8-15(9-17(11-16)22(27,28)29)2-1-7-36-19-4-3-14(10-18(19)23(30,31)32)5-6-20(33,12-34)13-35/h3-4,8-11,34-35H,1-2,5-7,12-13,33H2. The first kappa shape index (κ1) is 29.7. The molecule has 0 unspecified atom stereocenters. The number of aryl methyl sites for hydroxylation is 2. The van der Waals surface area contributed by atoms with Crippen molar-refractivity contribution in [2.75, 3.05) is 19.8 Å². The molecule has 0 fully saturated rings. The van der Waals surface area contributed by atoms with E-state index in [1.54, 1.807) is 0 Å². The van der Waals surface area contributed by atoms with Crippen molar-refractivity contribution < 1.29 is 54.5 Å². The lowest BCUT2D eigenvalue weighted by Gasteiger charge is -2.24. The quantitative estimate of drug-likeness (QED) is 0.284. The molecule has 0 spiro atoms. The van der Waals surface area contributed by atoms with E-state index in [1.165, 1.54) is 6.07 Å². The lowest BCUT2D eigenvalue weighted by molar-refractivity contribution is -0.143. The summed E-state index contributed by atoms with van der Waals surface area (Å²) in [5, 5.41) is 18.4. The summed E-state index contributed by atoms with van der Waals surface area (Å²) in [6.07, 6.45) is -15.3. The van der Waals surface area contributed by atoms with Gasteiger partial charge in [-0.3, -0.25) is 0 Å². The fourth-order valence-electron chi connectivity index (χ4n) is 3.30. The fraction of sp³-hybridized carbons (Fsp3) is 0.478. The molecule has 4 nitrogen and oxygen atoms in total. The Balaban J connectivity index is 2.12. The summed E-state index contributed by atoms with van der Waals surface area (Å²) in [5.74, 6) is -0.561. The van der Waals surface area contributed by atoms with Crippen LogP contribution in [-0.4, -0.2) is 35.6 Å². The second kappa shape index (κ2) is 11.3. The van der Waals surface area contributed by atoms with Crippen LogP contribution in [0.3, 0.4) is 0 Å². The Hall–Kier alpha value is -2.51. The van der Waals surface area contributed by atoms with Gasteiger partial charge in [-0.15, -0.1) is 0 Å². The van der Waals surface area contributed by atoms with E-state index in [0.717, 1.165) is 12.1 Å². The van der Waals surface area contributed by atoms with Crippen LogP contribution in [0.4, 0.5) is 39.5 Å². The Labute approximate surface area is 200 Å². The van der Waals surface area contributed by atoms with E-state index in [1.807, 2.05) is 0 Å². The number of rotatable bonds is 10. The number of aliphatic hydroxyl groups is 2. The summed E-state index contributed by atoms with van der Waals surface area (Å²) in [6, 6.07) is 4.28. The van der Waals surface area contributed by atoms with Crippen molar-refractivity contribution in [3.63, 3.8) is 0 Å². The smallest absolute Gasteiger partial charge is 0.419 e. The van der Waals surface area contributed by atoms with E-state index < -0.39 is 66.3 Å². The molecule has 36 heavy (non-hydrogen) atoms. The highest BCUT2D eigenvalue weighted by molar-refractivity contribution is 5.39. The Bertz CT molecular complexity index is 981. The molecular formula is C23H24F9NO3. The topological polar surface area (TPSA) is 75.7 Å². The van der Waals surface area contributed by atoms with Gasteiger partial charge in [0, 0.05) is 0 Å². The van der Waals surface area contributed by atoms with Crippen molar-refractivity contribution >= 4 is 0 Å². The maximum absolute atomic E-state index is 13.5. The minimum atomic E-state index is -5.01. The number of aliphatic hydroxyl groups excluding tert-OH is 2. The normalized spacial score (nSPS) is 13.2. The number of halogens is 9. The van der Waals surface area contributed by atoms with Gasteiger partial charge in [-0.2, -0.15) is 39.5 Å². The number of nitrogens with two attached hydrogens (primary N) is 1. The summed E-state index contributed by atoms with van der Waals surface area (Å²) in [4.78, 5) is 0. The summed E-state index contributed by atoms with van der Waals surface area (Å²) in [6.45, 7) is -1.55. The zero-order valence-electron chi connectivity index (χ0n) is 18.7. The molecule has 0 radical (unpaired) electrons. The van der Waals surface area contributed by atoms with Crippen LogP contribution >= 0.6 is 0 Å². The van der Waals surface area contributed by atoms with Gasteiger partial charge in [0.1, 0.15) is 5.75 Å². The number of benzene rings is 2. The van der Waals surface area contributed by atoms with E-state index in [9.17, 15) is 49.7 Å². The van der Waals surface area contributed by atoms with Gasteiger partial charge >= 0.3 is 18.5 Å². The van der Waals surface area contributed by atoms with Gasteiger partial charge in [-0.05, 0) is 67.1 Å². The van der Waals surface area contributed by atoms with E-state index in [0.29, 0.717) is 12.1 Å². The summed E-state index contributed by atoms with van der Waals surface area (Å²) < 4.78 is 124. The third kappa shape index (κ3) is 8.27. The first-order valence-corrected chi connectivity index (χ1v) is 10.6. The lowest BCUT2D eigenvalue weighted by atomic mass is 9.93. The predicted molar refractivity (Wildman–Crippen MR) is 111 cm³/mol. The van der Waals surface area contributed by atoms with Gasteiger partial charge in [0.25, 0.3) is 0 Å². The van der Waals surface area contributed by atoms with Crippen molar-refractivity contribution in [2.24, 2.45) is 5.73 Å². The van der Waals surface area contributed by atoms with Crippen LogP contribution in [0.15, 0.2) is 36.4 Å². The van der Waals surface area contributed by atoms with Crippen molar-refractivity contribution in [3.05, 3.63) is 64.2 Å². The maximum atomic E-state index is 13.5. The van der Waals surface area contributed by atoms with Crippen molar-refractivity contribution in [3.8, 4) is 5.75 Å². The predicted octanol–water partition coefficient (Wildman–Crippen LogP) is 5.37. The number of alkyl halides is 9. The van der Waals surface area contributed by atoms with Crippen LogP contribution in [0.25, 0.3) is 0 Å². The largest absolute Gasteiger partial charge is 0.493 e. The SMILES string of the molecule is NC(CO)(CO)CCc1ccc(OCCCc2cc(C(F)(F)F)cc(C(F)(F)F)c2)c(C(F)(F)F)c1. The molecule has 0 aliphatic rings. The minimum absolute atomic E-state index is 0.00555. The first-order valence-electron chi connectivity index (χ1n) is 10.6.